The van der Waals surface area contributed by atoms with Gasteiger partial charge in [-0.1, -0.05) is 25.4 Å². The van der Waals surface area contributed by atoms with Gasteiger partial charge < -0.3 is 19.7 Å². The van der Waals surface area contributed by atoms with Gasteiger partial charge in [0.2, 0.25) is 0 Å². The smallest absolute Gasteiger partial charge is 0.145 e. The quantitative estimate of drug-likeness (QED) is 0.927. The second-order valence-corrected chi connectivity index (χ2v) is 5.82. The van der Waals surface area contributed by atoms with Crippen LogP contribution < -0.4 is 19.7 Å². The summed E-state index contributed by atoms with van der Waals surface area (Å²) in [6.45, 7) is 7.34. The van der Waals surface area contributed by atoms with Crippen LogP contribution in [0.3, 0.4) is 0 Å². The van der Waals surface area contributed by atoms with E-state index >= 15 is 0 Å². The van der Waals surface area contributed by atoms with Crippen molar-refractivity contribution >= 4 is 17.3 Å². The molecule has 1 heterocycles. The first-order chi connectivity index (χ1) is 9.56. The highest BCUT2D eigenvalue weighted by atomic mass is 35.5. The van der Waals surface area contributed by atoms with E-state index in [0.717, 1.165) is 31.1 Å². The number of methoxy groups -OCH3 is 2. The maximum atomic E-state index is 6.25. The molecule has 1 aliphatic heterocycles. The molecular weight excluding hydrogens is 276 g/mol. The molecule has 1 aromatic carbocycles. The number of hydrogen-bond donors (Lipinski definition) is 1. The highest BCUT2D eigenvalue weighted by molar-refractivity contribution is 6.32. The average molecular weight is 299 g/mol. The second kappa shape index (κ2) is 6.55. The molecule has 0 radical (unpaired) electrons. The maximum absolute atomic E-state index is 6.25. The summed E-state index contributed by atoms with van der Waals surface area (Å²) in [5, 5.41) is 4.17. The van der Waals surface area contributed by atoms with E-state index in [-0.39, 0.29) is 0 Å². The fourth-order valence-corrected chi connectivity index (χ4v) is 2.77. The lowest BCUT2D eigenvalue weighted by atomic mass is 10.0. The fraction of sp³-hybridized carbons (Fsp3) is 0.600. The summed E-state index contributed by atoms with van der Waals surface area (Å²) in [7, 11) is 3.29. The Bertz CT molecular complexity index is 465. The number of piperazine rings is 1. The second-order valence-electron chi connectivity index (χ2n) is 5.41. The molecule has 2 rings (SSSR count). The molecule has 1 aliphatic rings. The minimum atomic E-state index is 0.481. The largest absolute Gasteiger partial charge is 0.495 e. The standard InChI is InChI=1S/C15H23ClN2O2/c1-10(2)12-9-18(6-5-17-12)13-7-11(16)14(19-3)8-15(13)20-4/h7-8,10,12,17H,5-6,9H2,1-4H3. The Kier molecular flexibility index (Phi) is 5.00. The summed E-state index contributed by atoms with van der Waals surface area (Å²) >= 11 is 6.25. The Balaban J connectivity index is 2.29. The van der Waals surface area contributed by atoms with Crippen LogP contribution in [0.5, 0.6) is 11.5 Å². The maximum Gasteiger partial charge on any atom is 0.145 e. The number of nitrogens with zero attached hydrogens (tertiary/aromatic N) is 1. The van der Waals surface area contributed by atoms with Crippen molar-refractivity contribution < 1.29 is 9.47 Å². The highest BCUT2D eigenvalue weighted by Crippen LogP contribution is 2.38. The van der Waals surface area contributed by atoms with E-state index < -0.39 is 0 Å². The lowest BCUT2D eigenvalue weighted by molar-refractivity contribution is 0.362. The van der Waals surface area contributed by atoms with E-state index in [9.17, 15) is 0 Å². The zero-order chi connectivity index (χ0) is 14.7. The first-order valence-electron chi connectivity index (χ1n) is 6.96. The molecule has 5 heteroatoms. The lowest BCUT2D eigenvalue weighted by Crippen LogP contribution is -2.53. The molecule has 0 amide bonds. The monoisotopic (exact) mass is 298 g/mol. The van der Waals surface area contributed by atoms with Gasteiger partial charge in [-0.25, -0.2) is 0 Å². The third-order valence-electron chi connectivity index (χ3n) is 3.80. The number of halogens is 1. The average Bonchev–Trinajstić information content (AvgIpc) is 2.47. The fourth-order valence-electron chi connectivity index (χ4n) is 2.53. The number of anilines is 1. The van der Waals surface area contributed by atoms with E-state index in [1.54, 1.807) is 14.2 Å². The van der Waals surface area contributed by atoms with Crippen molar-refractivity contribution in [3.8, 4) is 11.5 Å². The Morgan fingerprint density at radius 2 is 1.95 bits per heavy atom. The van der Waals surface area contributed by atoms with Crippen molar-refractivity contribution in [1.29, 1.82) is 0 Å². The van der Waals surface area contributed by atoms with Crippen LogP contribution in [0.1, 0.15) is 13.8 Å². The number of nitrogens with one attached hydrogen (secondary N) is 1. The summed E-state index contributed by atoms with van der Waals surface area (Å²) in [6.07, 6.45) is 0. The van der Waals surface area contributed by atoms with Gasteiger partial charge in [0.05, 0.1) is 24.9 Å². The van der Waals surface area contributed by atoms with Gasteiger partial charge in [-0.15, -0.1) is 0 Å². The van der Waals surface area contributed by atoms with Crippen LogP contribution in [0.25, 0.3) is 0 Å². The molecule has 4 nitrogen and oxygen atoms in total. The molecule has 1 N–H and O–H groups in total. The minimum Gasteiger partial charge on any atom is -0.495 e. The van der Waals surface area contributed by atoms with Crippen LogP contribution in [0.2, 0.25) is 5.02 Å². The number of ether oxygens (including phenoxy) is 2. The Morgan fingerprint density at radius 3 is 2.55 bits per heavy atom. The van der Waals surface area contributed by atoms with Crippen LogP contribution in [0, 0.1) is 5.92 Å². The van der Waals surface area contributed by atoms with Crippen molar-refractivity contribution in [1.82, 2.24) is 5.32 Å². The molecule has 1 fully saturated rings. The zero-order valence-corrected chi connectivity index (χ0v) is 13.3. The van der Waals surface area contributed by atoms with Gasteiger partial charge in [0.1, 0.15) is 11.5 Å². The van der Waals surface area contributed by atoms with Crippen LogP contribution in [-0.4, -0.2) is 39.9 Å². The lowest BCUT2D eigenvalue weighted by Gasteiger charge is -2.37. The van der Waals surface area contributed by atoms with Crippen LogP contribution >= 0.6 is 11.6 Å². The minimum absolute atomic E-state index is 0.481. The Hall–Kier alpha value is -1.13. The first kappa shape index (κ1) is 15.3. The normalized spacial score (nSPS) is 19.3. The number of benzene rings is 1. The third kappa shape index (κ3) is 3.13. The van der Waals surface area contributed by atoms with Crippen LogP contribution in [-0.2, 0) is 0 Å². The molecule has 0 aromatic heterocycles. The number of rotatable bonds is 4. The Labute approximate surface area is 126 Å². The first-order valence-corrected chi connectivity index (χ1v) is 7.34. The molecule has 1 unspecified atom stereocenters. The summed E-state index contributed by atoms with van der Waals surface area (Å²) < 4.78 is 10.7. The van der Waals surface area contributed by atoms with E-state index in [4.69, 9.17) is 21.1 Å². The van der Waals surface area contributed by atoms with Gasteiger partial charge in [0.25, 0.3) is 0 Å². The molecular formula is C15H23ClN2O2. The summed E-state index contributed by atoms with van der Waals surface area (Å²) in [4.78, 5) is 2.32. The molecule has 0 bridgehead atoms. The molecule has 1 atom stereocenters. The summed E-state index contributed by atoms with van der Waals surface area (Å²) in [5.74, 6) is 2.04. The van der Waals surface area contributed by atoms with E-state index in [1.807, 2.05) is 12.1 Å². The van der Waals surface area contributed by atoms with Crippen LogP contribution in [0.4, 0.5) is 5.69 Å². The molecule has 20 heavy (non-hydrogen) atoms. The molecule has 0 aliphatic carbocycles. The van der Waals surface area contributed by atoms with Crippen molar-refractivity contribution in [2.24, 2.45) is 5.92 Å². The van der Waals surface area contributed by atoms with Crippen molar-refractivity contribution in [2.75, 3.05) is 38.8 Å². The molecule has 1 aromatic rings. The summed E-state index contributed by atoms with van der Waals surface area (Å²) in [6, 6.07) is 4.26. The SMILES string of the molecule is COc1cc(OC)c(N2CCNC(C(C)C)C2)cc1Cl. The molecule has 1 saturated heterocycles. The predicted molar refractivity (Wildman–Crippen MR) is 83.4 cm³/mol. The highest BCUT2D eigenvalue weighted by Gasteiger charge is 2.24. The van der Waals surface area contributed by atoms with Crippen molar-refractivity contribution in [2.45, 2.75) is 19.9 Å². The predicted octanol–water partition coefficient (Wildman–Crippen LogP) is 2.79. The zero-order valence-electron chi connectivity index (χ0n) is 12.6. The molecule has 0 saturated carbocycles. The van der Waals surface area contributed by atoms with Gasteiger partial charge in [-0.3, -0.25) is 0 Å². The number of hydrogen-bond acceptors (Lipinski definition) is 4. The van der Waals surface area contributed by atoms with Gasteiger partial charge >= 0.3 is 0 Å². The molecule has 0 spiro atoms. The molecule has 112 valence electrons. The van der Waals surface area contributed by atoms with E-state index in [1.165, 1.54) is 0 Å². The van der Waals surface area contributed by atoms with Crippen molar-refractivity contribution in [3.05, 3.63) is 17.2 Å². The summed E-state index contributed by atoms with van der Waals surface area (Å²) in [5.41, 5.74) is 1.03. The van der Waals surface area contributed by atoms with Gasteiger partial charge in [0, 0.05) is 31.7 Å². The third-order valence-corrected chi connectivity index (χ3v) is 4.10. The van der Waals surface area contributed by atoms with E-state index in [2.05, 4.69) is 24.1 Å². The van der Waals surface area contributed by atoms with Gasteiger partial charge in [-0.05, 0) is 12.0 Å². The topological polar surface area (TPSA) is 33.7 Å². The van der Waals surface area contributed by atoms with Crippen molar-refractivity contribution in [3.63, 3.8) is 0 Å². The van der Waals surface area contributed by atoms with Crippen LogP contribution in [0.15, 0.2) is 12.1 Å². The van der Waals surface area contributed by atoms with E-state index in [0.29, 0.717) is 22.7 Å². The van der Waals surface area contributed by atoms with Gasteiger partial charge in [-0.2, -0.15) is 0 Å². The van der Waals surface area contributed by atoms with Gasteiger partial charge in [0.15, 0.2) is 0 Å². The Morgan fingerprint density at radius 1 is 1.25 bits per heavy atom.